The number of benzene rings is 1. The third-order valence-corrected chi connectivity index (χ3v) is 6.26. The minimum atomic E-state index is -4.64. The number of amides is 3. The molecular formula is C22H29ClF3N5O2. The monoisotopic (exact) mass is 487 g/mol. The van der Waals surface area contributed by atoms with Gasteiger partial charge in [0.1, 0.15) is 5.54 Å². The summed E-state index contributed by atoms with van der Waals surface area (Å²) in [6.45, 7) is 6.96. The van der Waals surface area contributed by atoms with E-state index in [9.17, 15) is 22.8 Å². The molecule has 3 N–H and O–H groups in total. The second-order valence-electron chi connectivity index (χ2n) is 9.31. The van der Waals surface area contributed by atoms with Crippen LogP contribution in [0.4, 0.5) is 23.7 Å². The van der Waals surface area contributed by atoms with E-state index in [1.807, 2.05) is 13.8 Å². The SMILES string of the molecule is CC(C)CC1(C)N=C(N)N(CC2CCN(C(=O)Nc3ccc(Cl)cc3C(F)(F)F)CC2)C1=O. The van der Waals surface area contributed by atoms with Crippen LogP contribution in [-0.4, -0.2) is 52.9 Å². The van der Waals surface area contributed by atoms with Crippen molar-refractivity contribution in [2.24, 2.45) is 22.6 Å². The number of nitrogens with zero attached hydrogens (tertiary/aromatic N) is 3. The van der Waals surface area contributed by atoms with Crippen LogP contribution in [0.2, 0.25) is 5.02 Å². The highest BCUT2D eigenvalue weighted by Gasteiger charge is 2.45. The molecule has 7 nitrogen and oxygen atoms in total. The lowest BCUT2D eigenvalue weighted by molar-refractivity contribution is -0.137. The zero-order valence-corrected chi connectivity index (χ0v) is 19.6. The molecule has 2 aliphatic heterocycles. The summed E-state index contributed by atoms with van der Waals surface area (Å²) >= 11 is 5.69. The lowest BCUT2D eigenvalue weighted by atomic mass is 9.90. The van der Waals surface area contributed by atoms with Crippen molar-refractivity contribution in [2.45, 2.75) is 51.7 Å². The first-order valence-electron chi connectivity index (χ1n) is 10.9. The molecule has 2 heterocycles. The molecule has 3 amide bonds. The number of carbonyl (C=O) groups excluding carboxylic acids is 2. The molecule has 182 valence electrons. The molecule has 33 heavy (non-hydrogen) atoms. The summed E-state index contributed by atoms with van der Waals surface area (Å²) in [4.78, 5) is 32.9. The van der Waals surface area contributed by atoms with Crippen LogP contribution < -0.4 is 11.1 Å². The summed E-state index contributed by atoms with van der Waals surface area (Å²) in [7, 11) is 0. The first-order valence-corrected chi connectivity index (χ1v) is 11.3. The molecule has 2 aliphatic rings. The fourth-order valence-corrected chi connectivity index (χ4v) is 4.66. The van der Waals surface area contributed by atoms with E-state index < -0.39 is 23.3 Å². The molecule has 1 unspecified atom stereocenters. The maximum Gasteiger partial charge on any atom is 0.418 e. The number of anilines is 1. The molecule has 0 spiro atoms. The summed E-state index contributed by atoms with van der Waals surface area (Å²) in [6, 6.07) is 2.62. The molecule has 1 fully saturated rings. The van der Waals surface area contributed by atoms with Gasteiger partial charge in [0.2, 0.25) is 0 Å². The van der Waals surface area contributed by atoms with E-state index in [1.54, 1.807) is 6.92 Å². The van der Waals surface area contributed by atoms with E-state index in [4.69, 9.17) is 17.3 Å². The van der Waals surface area contributed by atoms with Crippen LogP contribution in [0.25, 0.3) is 0 Å². The number of hydrogen-bond acceptors (Lipinski definition) is 4. The van der Waals surface area contributed by atoms with Crippen LogP contribution in [0.1, 0.15) is 45.6 Å². The second kappa shape index (κ2) is 9.40. The van der Waals surface area contributed by atoms with Crippen molar-refractivity contribution in [1.29, 1.82) is 0 Å². The van der Waals surface area contributed by atoms with E-state index in [0.717, 1.165) is 12.1 Å². The van der Waals surface area contributed by atoms with Crippen molar-refractivity contribution in [3.8, 4) is 0 Å². The maximum atomic E-state index is 13.3. The number of carbonyl (C=O) groups is 2. The van der Waals surface area contributed by atoms with Crippen molar-refractivity contribution < 1.29 is 22.8 Å². The van der Waals surface area contributed by atoms with Gasteiger partial charge in [0, 0.05) is 24.7 Å². The summed E-state index contributed by atoms with van der Waals surface area (Å²) < 4.78 is 39.8. The molecular weight excluding hydrogens is 459 g/mol. The third-order valence-electron chi connectivity index (χ3n) is 6.02. The number of urea groups is 1. The Kier molecular flexibility index (Phi) is 7.16. The minimum Gasteiger partial charge on any atom is -0.369 e. The van der Waals surface area contributed by atoms with Crippen LogP contribution in [0.15, 0.2) is 23.2 Å². The quantitative estimate of drug-likeness (QED) is 0.637. The fourth-order valence-electron chi connectivity index (χ4n) is 4.49. The average Bonchev–Trinajstić information content (AvgIpc) is 2.91. The number of hydrogen-bond donors (Lipinski definition) is 2. The van der Waals surface area contributed by atoms with Gasteiger partial charge in [-0.1, -0.05) is 25.4 Å². The average molecular weight is 488 g/mol. The Morgan fingerprint density at radius 1 is 1.33 bits per heavy atom. The Balaban J connectivity index is 1.57. The molecule has 0 aliphatic carbocycles. The maximum absolute atomic E-state index is 13.3. The van der Waals surface area contributed by atoms with Crippen molar-refractivity contribution >= 4 is 35.2 Å². The molecule has 11 heteroatoms. The number of halogens is 4. The number of piperidine rings is 1. The topological polar surface area (TPSA) is 91.0 Å². The highest BCUT2D eigenvalue weighted by Crippen LogP contribution is 2.37. The molecule has 0 aromatic heterocycles. The Bertz CT molecular complexity index is 944. The number of nitrogens with two attached hydrogens (primary N) is 1. The normalized spacial score (nSPS) is 22.2. The number of aliphatic imine (C=N–C) groups is 1. The van der Waals surface area contributed by atoms with Gasteiger partial charge in [-0.3, -0.25) is 9.69 Å². The molecule has 1 atom stereocenters. The van der Waals surface area contributed by atoms with Crippen LogP contribution in [-0.2, 0) is 11.0 Å². The number of guanidine groups is 1. The molecule has 0 radical (unpaired) electrons. The summed E-state index contributed by atoms with van der Waals surface area (Å²) in [5.74, 6) is 0.493. The highest BCUT2D eigenvalue weighted by atomic mass is 35.5. The molecule has 1 saturated heterocycles. The number of alkyl halides is 3. The van der Waals surface area contributed by atoms with E-state index in [2.05, 4.69) is 10.3 Å². The minimum absolute atomic E-state index is 0.0649. The number of rotatable bonds is 5. The Morgan fingerprint density at radius 2 is 1.97 bits per heavy atom. The van der Waals surface area contributed by atoms with Gasteiger partial charge in [0.25, 0.3) is 5.91 Å². The van der Waals surface area contributed by atoms with E-state index >= 15 is 0 Å². The zero-order chi connectivity index (χ0) is 24.6. The van der Waals surface area contributed by atoms with Crippen LogP contribution in [0.5, 0.6) is 0 Å². The first-order chi connectivity index (χ1) is 15.3. The molecule has 3 rings (SSSR count). The van der Waals surface area contributed by atoms with Crippen molar-refractivity contribution in [1.82, 2.24) is 9.80 Å². The van der Waals surface area contributed by atoms with Crippen LogP contribution in [0, 0.1) is 11.8 Å². The highest BCUT2D eigenvalue weighted by molar-refractivity contribution is 6.30. The predicted molar refractivity (Wildman–Crippen MR) is 121 cm³/mol. The Labute approximate surface area is 196 Å². The van der Waals surface area contributed by atoms with Crippen molar-refractivity contribution in [2.75, 3.05) is 25.0 Å². The largest absolute Gasteiger partial charge is 0.418 e. The molecule has 1 aromatic carbocycles. The third kappa shape index (κ3) is 5.72. The Morgan fingerprint density at radius 3 is 2.55 bits per heavy atom. The Hall–Kier alpha value is -2.49. The van der Waals surface area contributed by atoms with E-state index in [1.165, 1.54) is 15.9 Å². The van der Waals surface area contributed by atoms with Gasteiger partial charge < -0.3 is 16.0 Å². The van der Waals surface area contributed by atoms with Gasteiger partial charge in [-0.05, 0) is 56.2 Å². The summed E-state index contributed by atoms with van der Waals surface area (Å²) in [5, 5.41) is 2.28. The smallest absolute Gasteiger partial charge is 0.369 e. The van der Waals surface area contributed by atoms with Crippen molar-refractivity contribution in [3.05, 3.63) is 28.8 Å². The van der Waals surface area contributed by atoms with Crippen LogP contribution >= 0.6 is 11.6 Å². The number of nitrogens with one attached hydrogen (secondary N) is 1. The standard InChI is InChI=1S/C22H29ClF3N5O2/c1-13(2)11-21(3)18(32)31(19(27)29-21)12-14-6-8-30(9-7-14)20(33)28-17-5-4-15(23)10-16(17)22(24,25)26/h4-5,10,13-14H,6-9,11-12H2,1-3H3,(H2,27,29)(H,28,33). The van der Waals surface area contributed by atoms with Gasteiger partial charge in [0.15, 0.2) is 5.96 Å². The second-order valence-corrected chi connectivity index (χ2v) is 9.74. The van der Waals surface area contributed by atoms with Gasteiger partial charge in [0.05, 0.1) is 11.3 Å². The van der Waals surface area contributed by atoms with Crippen LogP contribution in [0.3, 0.4) is 0 Å². The van der Waals surface area contributed by atoms with Gasteiger partial charge in [-0.2, -0.15) is 13.2 Å². The van der Waals surface area contributed by atoms with Gasteiger partial charge in [-0.15, -0.1) is 0 Å². The fraction of sp³-hybridized carbons (Fsp3) is 0.591. The molecule has 1 aromatic rings. The first kappa shape index (κ1) is 25.1. The predicted octanol–water partition coefficient (Wildman–Crippen LogP) is 4.56. The lowest BCUT2D eigenvalue weighted by Gasteiger charge is -2.34. The summed E-state index contributed by atoms with van der Waals surface area (Å²) in [6.07, 6.45) is -2.85. The zero-order valence-electron chi connectivity index (χ0n) is 18.9. The van der Waals surface area contributed by atoms with Crippen molar-refractivity contribution in [3.63, 3.8) is 0 Å². The van der Waals surface area contributed by atoms with E-state index in [-0.39, 0.29) is 34.4 Å². The molecule has 0 bridgehead atoms. The number of likely N-dealkylation sites (tertiary alicyclic amines) is 1. The van der Waals surface area contributed by atoms with Gasteiger partial charge in [-0.25, -0.2) is 9.79 Å². The lowest BCUT2D eigenvalue weighted by Crippen LogP contribution is -2.48. The van der Waals surface area contributed by atoms with E-state index in [0.29, 0.717) is 38.9 Å². The molecule has 0 saturated carbocycles. The van der Waals surface area contributed by atoms with Gasteiger partial charge >= 0.3 is 12.2 Å². The summed E-state index contributed by atoms with van der Waals surface area (Å²) in [5.41, 5.74) is 3.85.